The van der Waals surface area contributed by atoms with Gasteiger partial charge in [-0.1, -0.05) is 18.2 Å². The fraction of sp³-hybridized carbons (Fsp3) is 0.188. The van der Waals surface area contributed by atoms with Gasteiger partial charge in [0.15, 0.2) is 5.78 Å². The first-order chi connectivity index (χ1) is 9.04. The standard InChI is InChI=1S/C16H15IO2/c1-10-5-4-6-11(2)15(10)16(18)13-9-12(17)7-8-14(13)19-3/h4-9H,1-3H3. The van der Waals surface area contributed by atoms with E-state index in [4.69, 9.17) is 4.74 Å². The van der Waals surface area contributed by atoms with Crippen LogP contribution in [-0.2, 0) is 0 Å². The molecular weight excluding hydrogens is 351 g/mol. The van der Waals surface area contributed by atoms with Crippen molar-refractivity contribution >= 4 is 28.4 Å². The van der Waals surface area contributed by atoms with Gasteiger partial charge in [0.1, 0.15) is 5.75 Å². The van der Waals surface area contributed by atoms with Gasteiger partial charge < -0.3 is 4.74 Å². The number of aryl methyl sites for hydroxylation is 2. The molecule has 2 aromatic rings. The van der Waals surface area contributed by atoms with E-state index in [2.05, 4.69) is 22.6 Å². The van der Waals surface area contributed by atoms with Crippen molar-refractivity contribution < 1.29 is 9.53 Å². The van der Waals surface area contributed by atoms with Crippen LogP contribution in [0.3, 0.4) is 0 Å². The summed E-state index contributed by atoms with van der Waals surface area (Å²) >= 11 is 2.20. The molecule has 0 amide bonds. The predicted molar refractivity (Wildman–Crippen MR) is 85.1 cm³/mol. The van der Waals surface area contributed by atoms with Gasteiger partial charge in [-0.3, -0.25) is 4.79 Å². The lowest BCUT2D eigenvalue weighted by Crippen LogP contribution is -2.08. The summed E-state index contributed by atoms with van der Waals surface area (Å²) in [7, 11) is 1.59. The second kappa shape index (κ2) is 5.74. The third-order valence-electron chi connectivity index (χ3n) is 3.11. The van der Waals surface area contributed by atoms with E-state index in [-0.39, 0.29) is 5.78 Å². The van der Waals surface area contributed by atoms with Gasteiger partial charge in [-0.15, -0.1) is 0 Å². The Kier molecular flexibility index (Phi) is 4.24. The summed E-state index contributed by atoms with van der Waals surface area (Å²) in [5, 5.41) is 0. The van der Waals surface area contributed by atoms with Gasteiger partial charge in [0.05, 0.1) is 12.7 Å². The van der Waals surface area contributed by atoms with Crippen molar-refractivity contribution in [3.05, 3.63) is 62.2 Å². The Hall–Kier alpha value is -1.36. The molecule has 0 fully saturated rings. The van der Waals surface area contributed by atoms with Crippen LogP contribution < -0.4 is 4.74 Å². The van der Waals surface area contributed by atoms with Crippen LogP contribution in [0.15, 0.2) is 36.4 Å². The molecule has 0 N–H and O–H groups in total. The van der Waals surface area contributed by atoms with E-state index >= 15 is 0 Å². The summed E-state index contributed by atoms with van der Waals surface area (Å²) in [6.45, 7) is 3.92. The molecule has 98 valence electrons. The monoisotopic (exact) mass is 366 g/mol. The van der Waals surface area contributed by atoms with Crippen LogP contribution in [0.25, 0.3) is 0 Å². The Morgan fingerprint density at radius 2 is 1.74 bits per heavy atom. The van der Waals surface area contributed by atoms with Crippen LogP contribution >= 0.6 is 22.6 Å². The molecule has 2 nitrogen and oxygen atoms in total. The largest absolute Gasteiger partial charge is 0.496 e. The highest BCUT2D eigenvalue weighted by atomic mass is 127. The highest BCUT2D eigenvalue weighted by molar-refractivity contribution is 14.1. The molecule has 3 heteroatoms. The summed E-state index contributed by atoms with van der Waals surface area (Å²) in [6, 6.07) is 11.5. The number of methoxy groups -OCH3 is 1. The lowest BCUT2D eigenvalue weighted by Gasteiger charge is -2.12. The first-order valence-corrected chi connectivity index (χ1v) is 7.07. The highest BCUT2D eigenvalue weighted by Crippen LogP contribution is 2.26. The molecule has 0 saturated heterocycles. The van der Waals surface area contributed by atoms with Crippen LogP contribution in [0.1, 0.15) is 27.0 Å². The Labute approximate surface area is 126 Å². The molecule has 0 aliphatic carbocycles. The number of carbonyl (C=O) groups excluding carboxylic acids is 1. The Bertz CT molecular complexity index is 612. The van der Waals surface area contributed by atoms with Crippen LogP contribution in [0.5, 0.6) is 5.75 Å². The minimum Gasteiger partial charge on any atom is -0.496 e. The van der Waals surface area contributed by atoms with E-state index in [0.717, 1.165) is 20.3 Å². The molecule has 0 spiro atoms. The Morgan fingerprint density at radius 3 is 2.32 bits per heavy atom. The van der Waals surface area contributed by atoms with Gasteiger partial charge in [-0.05, 0) is 65.8 Å². The molecule has 0 bridgehead atoms. The van der Waals surface area contributed by atoms with E-state index in [9.17, 15) is 4.79 Å². The zero-order valence-electron chi connectivity index (χ0n) is 11.2. The molecule has 2 rings (SSSR count). The average Bonchev–Trinajstić information content (AvgIpc) is 2.38. The molecule has 19 heavy (non-hydrogen) atoms. The van der Waals surface area contributed by atoms with Crippen molar-refractivity contribution in [3.8, 4) is 5.75 Å². The summed E-state index contributed by atoms with van der Waals surface area (Å²) in [5.74, 6) is 0.638. The fourth-order valence-corrected chi connectivity index (χ4v) is 2.66. The maximum Gasteiger partial charge on any atom is 0.197 e. The topological polar surface area (TPSA) is 26.3 Å². The SMILES string of the molecule is COc1ccc(I)cc1C(=O)c1c(C)cccc1C. The third kappa shape index (κ3) is 2.81. The molecule has 0 saturated carbocycles. The van der Waals surface area contributed by atoms with Crippen molar-refractivity contribution in [1.29, 1.82) is 0 Å². The maximum absolute atomic E-state index is 12.7. The number of hydrogen-bond donors (Lipinski definition) is 0. The number of hydrogen-bond acceptors (Lipinski definition) is 2. The van der Waals surface area contributed by atoms with Gasteiger partial charge in [0, 0.05) is 9.13 Å². The first-order valence-electron chi connectivity index (χ1n) is 5.99. The fourth-order valence-electron chi connectivity index (χ4n) is 2.16. The van der Waals surface area contributed by atoms with Crippen molar-refractivity contribution in [1.82, 2.24) is 0 Å². The third-order valence-corrected chi connectivity index (χ3v) is 3.79. The molecule has 0 heterocycles. The lowest BCUT2D eigenvalue weighted by molar-refractivity contribution is 0.103. The van der Waals surface area contributed by atoms with E-state index in [1.807, 2.05) is 50.2 Å². The van der Waals surface area contributed by atoms with Gasteiger partial charge in [0.2, 0.25) is 0 Å². The quantitative estimate of drug-likeness (QED) is 0.603. The smallest absolute Gasteiger partial charge is 0.197 e. The Morgan fingerprint density at radius 1 is 1.11 bits per heavy atom. The zero-order chi connectivity index (χ0) is 14.0. The van der Waals surface area contributed by atoms with Crippen molar-refractivity contribution in [2.75, 3.05) is 7.11 Å². The summed E-state index contributed by atoms with van der Waals surface area (Å²) in [6.07, 6.45) is 0. The van der Waals surface area contributed by atoms with E-state index in [1.165, 1.54) is 0 Å². The maximum atomic E-state index is 12.7. The molecule has 0 aliphatic rings. The van der Waals surface area contributed by atoms with Gasteiger partial charge in [-0.2, -0.15) is 0 Å². The lowest BCUT2D eigenvalue weighted by atomic mass is 9.94. The number of rotatable bonds is 3. The molecular formula is C16H15IO2. The Balaban J connectivity index is 2.59. The van der Waals surface area contributed by atoms with E-state index in [0.29, 0.717) is 11.3 Å². The molecule has 0 aromatic heterocycles. The number of carbonyl (C=O) groups is 1. The minimum atomic E-state index is 0.0194. The van der Waals surface area contributed by atoms with E-state index in [1.54, 1.807) is 7.11 Å². The number of ketones is 1. The van der Waals surface area contributed by atoms with Gasteiger partial charge in [0.25, 0.3) is 0 Å². The average molecular weight is 366 g/mol. The van der Waals surface area contributed by atoms with Crippen molar-refractivity contribution in [2.45, 2.75) is 13.8 Å². The number of benzene rings is 2. The van der Waals surface area contributed by atoms with Crippen LogP contribution in [0.2, 0.25) is 0 Å². The second-order valence-corrected chi connectivity index (χ2v) is 5.69. The minimum absolute atomic E-state index is 0.0194. The predicted octanol–water partition coefficient (Wildman–Crippen LogP) is 4.15. The zero-order valence-corrected chi connectivity index (χ0v) is 13.3. The van der Waals surface area contributed by atoms with Crippen molar-refractivity contribution in [2.24, 2.45) is 0 Å². The van der Waals surface area contributed by atoms with Crippen LogP contribution in [0.4, 0.5) is 0 Å². The molecule has 0 unspecified atom stereocenters. The number of halogens is 1. The summed E-state index contributed by atoms with van der Waals surface area (Å²) in [4.78, 5) is 12.7. The normalized spacial score (nSPS) is 10.3. The summed E-state index contributed by atoms with van der Waals surface area (Å²) < 4.78 is 6.32. The van der Waals surface area contributed by atoms with Crippen LogP contribution in [0, 0.1) is 17.4 Å². The number of ether oxygens (including phenoxy) is 1. The van der Waals surface area contributed by atoms with Gasteiger partial charge in [-0.25, -0.2) is 0 Å². The van der Waals surface area contributed by atoms with E-state index < -0.39 is 0 Å². The summed E-state index contributed by atoms with van der Waals surface area (Å²) in [5.41, 5.74) is 3.37. The van der Waals surface area contributed by atoms with Gasteiger partial charge >= 0.3 is 0 Å². The highest BCUT2D eigenvalue weighted by Gasteiger charge is 2.18. The molecule has 0 aliphatic heterocycles. The molecule has 2 aromatic carbocycles. The van der Waals surface area contributed by atoms with Crippen molar-refractivity contribution in [3.63, 3.8) is 0 Å². The molecule has 0 atom stereocenters. The second-order valence-electron chi connectivity index (χ2n) is 4.44. The van der Waals surface area contributed by atoms with Crippen LogP contribution in [-0.4, -0.2) is 12.9 Å². The first kappa shape index (κ1) is 14.1. The molecule has 0 radical (unpaired) electrons.